The van der Waals surface area contributed by atoms with E-state index < -0.39 is 0 Å². The van der Waals surface area contributed by atoms with E-state index in [0.29, 0.717) is 29.5 Å². The molecule has 2 nitrogen and oxygen atoms in total. The SMILES string of the molecule is C=C[C@@H]1Cc2cc(OC)ccc2[C@H]2CC[C@]3(C)C(=O)CC[C@@H]3[C@H]12. The summed E-state index contributed by atoms with van der Waals surface area (Å²) in [5.74, 6) is 3.63. The number of allylic oxidation sites excluding steroid dienone is 1. The average molecular weight is 310 g/mol. The van der Waals surface area contributed by atoms with Crippen LogP contribution in [0.5, 0.6) is 5.75 Å². The molecule has 0 heterocycles. The van der Waals surface area contributed by atoms with Crippen molar-refractivity contribution in [2.75, 3.05) is 7.11 Å². The van der Waals surface area contributed by atoms with Crippen LogP contribution in [-0.4, -0.2) is 12.9 Å². The van der Waals surface area contributed by atoms with Gasteiger partial charge in [0, 0.05) is 11.8 Å². The van der Waals surface area contributed by atoms with Crippen LogP contribution in [0.15, 0.2) is 30.9 Å². The number of rotatable bonds is 2. The van der Waals surface area contributed by atoms with E-state index in [4.69, 9.17) is 4.74 Å². The number of ketones is 1. The molecule has 0 N–H and O–H groups in total. The van der Waals surface area contributed by atoms with Crippen LogP contribution >= 0.6 is 0 Å². The maximum Gasteiger partial charge on any atom is 0.139 e. The van der Waals surface area contributed by atoms with Crippen molar-refractivity contribution in [1.82, 2.24) is 0 Å². The highest BCUT2D eigenvalue weighted by Gasteiger charge is 2.56. The summed E-state index contributed by atoms with van der Waals surface area (Å²) >= 11 is 0. The van der Waals surface area contributed by atoms with E-state index in [1.54, 1.807) is 7.11 Å². The molecule has 2 fully saturated rings. The zero-order valence-electron chi connectivity index (χ0n) is 14.2. The zero-order valence-corrected chi connectivity index (χ0v) is 14.2. The Kier molecular flexibility index (Phi) is 3.40. The summed E-state index contributed by atoms with van der Waals surface area (Å²) in [7, 11) is 1.73. The van der Waals surface area contributed by atoms with Crippen molar-refractivity contribution in [3.05, 3.63) is 42.0 Å². The lowest BCUT2D eigenvalue weighted by Crippen LogP contribution is -2.45. The van der Waals surface area contributed by atoms with Crippen LogP contribution in [0.25, 0.3) is 0 Å². The van der Waals surface area contributed by atoms with Gasteiger partial charge in [0.05, 0.1) is 7.11 Å². The predicted molar refractivity (Wildman–Crippen MR) is 91.7 cm³/mol. The molecule has 0 aromatic heterocycles. The molecule has 0 saturated heterocycles. The Labute approximate surface area is 138 Å². The molecule has 0 radical (unpaired) electrons. The average Bonchev–Trinajstić information content (AvgIpc) is 2.88. The number of carbonyl (C=O) groups excluding carboxylic acids is 1. The predicted octanol–water partition coefficient (Wildman–Crippen LogP) is 4.53. The molecule has 0 bridgehead atoms. The van der Waals surface area contributed by atoms with E-state index in [1.165, 1.54) is 11.1 Å². The normalized spacial score (nSPS) is 38.4. The van der Waals surface area contributed by atoms with Crippen LogP contribution in [0, 0.1) is 23.2 Å². The van der Waals surface area contributed by atoms with Crippen molar-refractivity contribution in [3.8, 4) is 5.75 Å². The van der Waals surface area contributed by atoms with Crippen molar-refractivity contribution in [1.29, 1.82) is 0 Å². The molecule has 5 atom stereocenters. The fourth-order valence-corrected chi connectivity index (χ4v) is 5.81. The second kappa shape index (κ2) is 5.22. The Bertz CT molecular complexity index is 662. The summed E-state index contributed by atoms with van der Waals surface area (Å²) in [6.07, 6.45) is 7.22. The summed E-state index contributed by atoms with van der Waals surface area (Å²) in [6.45, 7) is 6.36. The fourth-order valence-electron chi connectivity index (χ4n) is 5.81. The van der Waals surface area contributed by atoms with Crippen LogP contribution < -0.4 is 4.74 Å². The fraction of sp³-hybridized carbons (Fsp3) is 0.571. The van der Waals surface area contributed by atoms with E-state index in [-0.39, 0.29) is 5.41 Å². The minimum atomic E-state index is -0.0770. The third-order valence-corrected chi connectivity index (χ3v) is 7.04. The van der Waals surface area contributed by atoms with Gasteiger partial charge in [-0.05, 0) is 72.6 Å². The quantitative estimate of drug-likeness (QED) is 0.750. The Balaban J connectivity index is 1.78. The molecule has 122 valence electrons. The van der Waals surface area contributed by atoms with Gasteiger partial charge in [-0.3, -0.25) is 4.79 Å². The molecule has 3 aliphatic rings. The highest BCUT2D eigenvalue weighted by atomic mass is 16.5. The lowest BCUT2D eigenvalue weighted by Gasteiger charge is -2.51. The van der Waals surface area contributed by atoms with Gasteiger partial charge in [-0.25, -0.2) is 0 Å². The zero-order chi connectivity index (χ0) is 16.2. The molecule has 0 unspecified atom stereocenters. The van der Waals surface area contributed by atoms with Crippen molar-refractivity contribution in [3.63, 3.8) is 0 Å². The Morgan fingerprint density at radius 1 is 1.35 bits per heavy atom. The number of ether oxygens (including phenoxy) is 1. The Morgan fingerprint density at radius 2 is 2.17 bits per heavy atom. The van der Waals surface area contributed by atoms with Crippen molar-refractivity contribution in [2.45, 2.75) is 44.9 Å². The third-order valence-electron chi connectivity index (χ3n) is 7.04. The number of Topliss-reactive ketones (excluding diaryl/α,β-unsaturated/α-hetero) is 1. The first-order chi connectivity index (χ1) is 11.1. The highest BCUT2D eigenvalue weighted by Crippen LogP contribution is 2.61. The second-order valence-corrected chi connectivity index (χ2v) is 7.88. The molecule has 3 aliphatic carbocycles. The summed E-state index contributed by atoms with van der Waals surface area (Å²) in [5, 5.41) is 0. The van der Waals surface area contributed by atoms with Gasteiger partial charge in [0.25, 0.3) is 0 Å². The topological polar surface area (TPSA) is 26.3 Å². The standard InChI is InChI=1S/C21H26O2/c1-4-13-11-14-12-15(23-3)5-6-16(14)17-9-10-21(2)18(20(13)17)7-8-19(21)22/h4-6,12-13,17-18,20H,1,7-11H2,2-3H3/t13-,17-,18-,20-,21+/m1/s1. The minimum Gasteiger partial charge on any atom is -0.497 e. The number of hydrogen-bond acceptors (Lipinski definition) is 2. The molecule has 4 rings (SSSR count). The lowest BCUT2D eigenvalue weighted by atomic mass is 9.53. The summed E-state index contributed by atoms with van der Waals surface area (Å²) in [5.41, 5.74) is 2.84. The molecule has 2 saturated carbocycles. The summed E-state index contributed by atoms with van der Waals surface area (Å²) < 4.78 is 5.41. The first-order valence-corrected chi connectivity index (χ1v) is 8.91. The van der Waals surface area contributed by atoms with Crippen molar-refractivity contribution >= 4 is 5.78 Å². The molecule has 1 aromatic carbocycles. The first kappa shape index (κ1) is 15.0. The van der Waals surface area contributed by atoms with Gasteiger partial charge in [-0.1, -0.05) is 19.1 Å². The molecular weight excluding hydrogens is 284 g/mol. The van der Waals surface area contributed by atoms with Gasteiger partial charge in [0.15, 0.2) is 0 Å². The smallest absolute Gasteiger partial charge is 0.139 e. The van der Waals surface area contributed by atoms with Gasteiger partial charge in [0.1, 0.15) is 11.5 Å². The van der Waals surface area contributed by atoms with Gasteiger partial charge >= 0.3 is 0 Å². The van der Waals surface area contributed by atoms with Crippen LogP contribution in [-0.2, 0) is 11.2 Å². The summed E-state index contributed by atoms with van der Waals surface area (Å²) in [6, 6.07) is 6.57. The minimum absolute atomic E-state index is 0.0770. The third kappa shape index (κ3) is 2.03. The second-order valence-electron chi connectivity index (χ2n) is 7.88. The van der Waals surface area contributed by atoms with Crippen molar-refractivity contribution < 1.29 is 9.53 Å². The van der Waals surface area contributed by atoms with Crippen LogP contribution in [0.3, 0.4) is 0 Å². The number of methoxy groups -OCH3 is 1. The van der Waals surface area contributed by atoms with Gasteiger partial charge in [-0.2, -0.15) is 0 Å². The van der Waals surface area contributed by atoms with E-state index in [0.717, 1.165) is 37.9 Å². The molecule has 0 aliphatic heterocycles. The Morgan fingerprint density at radius 3 is 2.91 bits per heavy atom. The maximum atomic E-state index is 12.5. The Hall–Kier alpha value is -1.57. The van der Waals surface area contributed by atoms with Gasteiger partial charge < -0.3 is 4.74 Å². The van der Waals surface area contributed by atoms with Gasteiger partial charge in [0.2, 0.25) is 0 Å². The van der Waals surface area contributed by atoms with Crippen LogP contribution in [0.1, 0.15) is 49.7 Å². The van der Waals surface area contributed by atoms with E-state index in [9.17, 15) is 4.79 Å². The molecule has 0 spiro atoms. The maximum absolute atomic E-state index is 12.5. The first-order valence-electron chi connectivity index (χ1n) is 8.91. The number of hydrogen-bond donors (Lipinski definition) is 0. The molecular formula is C21H26O2. The molecule has 0 amide bonds. The van der Waals surface area contributed by atoms with E-state index in [2.05, 4.69) is 37.8 Å². The van der Waals surface area contributed by atoms with Crippen LogP contribution in [0.4, 0.5) is 0 Å². The van der Waals surface area contributed by atoms with E-state index in [1.807, 2.05) is 0 Å². The van der Waals surface area contributed by atoms with Crippen LogP contribution in [0.2, 0.25) is 0 Å². The highest BCUT2D eigenvalue weighted by molar-refractivity contribution is 5.87. The molecule has 1 aromatic rings. The summed E-state index contributed by atoms with van der Waals surface area (Å²) in [4.78, 5) is 12.5. The van der Waals surface area contributed by atoms with E-state index >= 15 is 0 Å². The lowest BCUT2D eigenvalue weighted by molar-refractivity contribution is -0.129. The van der Waals surface area contributed by atoms with Gasteiger partial charge in [-0.15, -0.1) is 6.58 Å². The number of benzene rings is 1. The molecule has 23 heavy (non-hydrogen) atoms. The number of carbonyl (C=O) groups is 1. The molecule has 2 heteroatoms. The number of fused-ring (bicyclic) bond motifs is 5. The van der Waals surface area contributed by atoms with Crippen molar-refractivity contribution in [2.24, 2.45) is 23.2 Å². The monoisotopic (exact) mass is 310 g/mol. The largest absolute Gasteiger partial charge is 0.497 e.